The van der Waals surface area contributed by atoms with Crippen molar-refractivity contribution < 1.29 is 14.3 Å². The molecule has 2 rings (SSSR count). The highest BCUT2D eigenvalue weighted by atomic mass is 16.5. The third-order valence-corrected chi connectivity index (χ3v) is 3.47. The standard InChI is InChI=1S/C16H22O3/c1-2-11-18-15-8-3-4-9-16(15)19-12-10-13-6-5-7-14(13)17/h3-4,8-9,13H,2,5-7,10-12H2,1H3. The largest absolute Gasteiger partial charge is 0.490 e. The van der Waals surface area contributed by atoms with E-state index in [1.165, 1.54) is 0 Å². The quantitative estimate of drug-likeness (QED) is 0.753. The Hall–Kier alpha value is -1.51. The molecule has 3 heteroatoms. The van der Waals surface area contributed by atoms with Crippen LogP contribution in [0.3, 0.4) is 0 Å². The van der Waals surface area contributed by atoms with Gasteiger partial charge in [-0.3, -0.25) is 4.79 Å². The molecule has 0 saturated heterocycles. The normalized spacial score (nSPS) is 18.6. The van der Waals surface area contributed by atoms with Crippen molar-refractivity contribution in [2.45, 2.75) is 39.0 Å². The van der Waals surface area contributed by atoms with Crippen molar-refractivity contribution in [2.75, 3.05) is 13.2 Å². The number of Topliss-reactive ketones (excluding diaryl/α,β-unsaturated/α-hetero) is 1. The molecular weight excluding hydrogens is 240 g/mol. The van der Waals surface area contributed by atoms with Crippen LogP contribution in [-0.4, -0.2) is 19.0 Å². The molecule has 1 saturated carbocycles. The van der Waals surface area contributed by atoms with E-state index >= 15 is 0 Å². The summed E-state index contributed by atoms with van der Waals surface area (Å²) in [6, 6.07) is 7.72. The number of rotatable bonds is 7. The number of ether oxygens (including phenoxy) is 2. The Bertz CT molecular complexity index is 414. The number of benzene rings is 1. The highest BCUT2D eigenvalue weighted by Gasteiger charge is 2.23. The lowest BCUT2D eigenvalue weighted by molar-refractivity contribution is -0.121. The number of carbonyl (C=O) groups excluding carboxylic acids is 1. The Morgan fingerprint density at radius 1 is 1.16 bits per heavy atom. The summed E-state index contributed by atoms with van der Waals surface area (Å²) >= 11 is 0. The zero-order chi connectivity index (χ0) is 13.5. The number of hydrogen-bond donors (Lipinski definition) is 0. The van der Waals surface area contributed by atoms with Crippen molar-refractivity contribution in [1.29, 1.82) is 0 Å². The van der Waals surface area contributed by atoms with E-state index in [9.17, 15) is 4.79 Å². The second kappa shape index (κ2) is 7.17. The van der Waals surface area contributed by atoms with Gasteiger partial charge in [0.05, 0.1) is 13.2 Å². The topological polar surface area (TPSA) is 35.5 Å². The van der Waals surface area contributed by atoms with Crippen LogP contribution in [-0.2, 0) is 4.79 Å². The Morgan fingerprint density at radius 3 is 2.42 bits per heavy atom. The van der Waals surface area contributed by atoms with Gasteiger partial charge in [-0.2, -0.15) is 0 Å². The van der Waals surface area contributed by atoms with Crippen LogP contribution in [0.4, 0.5) is 0 Å². The second-order valence-corrected chi connectivity index (χ2v) is 4.99. The molecule has 1 unspecified atom stereocenters. The average Bonchev–Trinajstić information content (AvgIpc) is 2.83. The van der Waals surface area contributed by atoms with Crippen molar-refractivity contribution in [1.82, 2.24) is 0 Å². The van der Waals surface area contributed by atoms with E-state index in [1.54, 1.807) is 0 Å². The molecule has 0 N–H and O–H groups in total. The van der Waals surface area contributed by atoms with Crippen molar-refractivity contribution in [3.8, 4) is 11.5 Å². The molecule has 1 fully saturated rings. The fourth-order valence-corrected chi connectivity index (χ4v) is 2.40. The fraction of sp³-hybridized carbons (Fsp3) is 0.562. The zero-order valence-electron chi connectivity index (χ0n) is 11.6. The molecule has 1 aromatic carbocycles. The van der Waals surface area contributed by atoms with Crippen molar-refractivity contribution in [3.63, 3.8) is 0 Å². The first-order chi connectivity index (χ1) is 9.31. The SMILES string of the molecule is CCCOc1ccccc1OCCC1CCCC1=O. The molecule has 0 aromatic heterocycles. The van der Waals surface area contributed by atoms with Gasteiger partial charge in [-0.1, -0.05) is 19.1 Å². The lowest BCUT2D eigenvalue weighted by atomic mass is 10.0. The van der Waals surface area contributed by atoms with Gasteiger partial charge in [-0.05, 0) is 37.8 Å². The summed E-state index contributed by atoms with van der Waals surface area (Å²) in [6.07, 6.45) is 4.61. The molecule has 0 heterocycles. The Labute approximate surface area is 114 Å². The van der Waals surface area contributed by atoms with Gasteiger partial charge in [-0.25, -0.2) is 0 Å². The Kier molecular flexibility index (Phi) is 5.25. The molecule has 0 spiro atoms. The summed E-state index contributed by atoms with van der Waals surface area (Å²) in [4.78, 5) is 11.5. The van der Waals surface area contributed by atoms with Gasteiger partial charge >= 0.3 is 0 Å². The van der Waals surface area contributed by atoms with Crippen LogP contribution in [0, 0.1) is 5.92 Å². The first kappa shape index (κ1) is 13.9. The second-order valence-electron chi connectivity index (χ2n) is 4.99. The summed E-state index contributed by atoms with van der Waals surface area (Å²) in [5.74, 6) is 2.19. The monoisotopic (exact) mass is 262 g/mol. The smallest absolute Gasteiger partial charge is 0.161 e. The number of hydrogen-bond acceptors (Lipinski definition) is 3. The predicted octanol–water partition coefficient (Wildman–Crippen LogP) is 3.61. The molecule has 0 aliphatic heterocycles. The van der Waals surface area contributed by atoms with Crippen LogP contribution < -0.4 is 9.47 Å². The van der Waals surface area contributed by atoms with Gasteiger partial charge < -0.3 is 9.47 Å². The van der Waals surface area contributed by atoms with Crippen molar-refractivity contribution >= 4 is 5.78 Å². The maximum absolute atomic E-state index is 11.5. The number of para-hydroxylation sites is 2. The molecule has 3 nitrogen and oxygen atoms in total. The minimum Gasteiger partial charge on any atom is -0.490 e. The minimum atomic E-state index is 0.212. The summed E-state index contributed by atoms with van der Waals surface area (Å²) in [6.45, 7) is 3.36. The van der Waals surface area contributed by atoms with Crippen LogP contribution in [0.25, 0.3) is 0 Å². The molecule has 0 amide bonds. The molecule has 0 radical (unpaired) electrons. The maximum atomic E-state index is 11.5. The van der Waals surface area contributed by atoms with Gasteiger partial charge in [0.2, 0.25) is 0 Å². The molecule has 1 aliphatic rings. The molecule has 1 aliphatic carbocycles. The maximum Gasteiger partial charge on any atom is 0.161 e. The van der Waals surface area contributed by atoms with Crippen LogP contribution >= 0.6 is 0 Å². The lowest BCUT2D eigenvalue weighted by Crippen LogP contribution is -2.11. The van der Waals surface area contributed by atoms with E-state index in [-0.39, 0.29) is 5.92 Å². The average molecular weight is 262 g/mol. The van der Waals surface area contributed by atoms with Crippen molar-refractivity contribution in [3.05, 3.63) is 24.3 Å². The summed E-state index contributed by atoms with van der Waals surface area (Å²) in [5, 5.41) is 0. The molecule has 19 heavy (non-hydrogen) atoms. The summed E-state index contributed by atoms with van der Waals surface area (Å²) in [7, 11) is 0. The van der Waals surface area contributed by atoms with Crippen LogP contribution in [0.2, 0.25) is 0 Å². The number of carbonyl (C=O) groups is 1. The van der Waals surface area contributed by atoms with Gasteiger partial charge in [0.1, 0.15) is 5.78 Å². The molecular formula is C16H22O3. The Balaban J connectivity index is 1.83. The Morgan fingerprint density at radius 2 is 1.84 bits per heavy atom. The molecule has 1 atom stereocenters. The predicted molar refractivity (Wildman–Crippen MR) is 74.7 cm³/mol. The summed E-state index contributed by atoms with van der Waals surface area (Å²) < 4.78 is 11.4. The van der Waals surface area contributed by atoms with E-state index in [0.29, 0.717) is 19.0 Å². The molecule has 104 valence electrons. The highest BCUT2D eigenvalue weighted by molar-refractivity contribution is 5.82. The van der Waals surface area contributed by atoms with Crippen LogP contribution in [0.1, 0.15) is 39.0 Å². The van der Waals surface area contributed by atoms with Crippen molar-refractivity contribution in [2.24, 2.45) is 5.92 Å². The van der Waals surface area contributed by atoms with Gasteiger partial charge in [0.15, 0.2) is 11.5 Å². The third kappa shape index (κ3) is 3.98. The molecule has 0 bridgehead atoms. The van der Waals surface area contributed by atoms with E-state index < -0.39 is 0 Å². The minimum absolute atomic E-state index is 0.212. The van der Waals surface area contributed by atoms with E-state index in [4.69, 9.17) is 9.47 Å². The molecule has 1 aromatic rings. The van der Waals surface area contributed by atoms with E-state index in [0.717, 1.165) is 43.6 Å². The highest BCUT2D eigenvalue weighted by Crippen LogP contribution is 2.28. The van der Waals surface area contributed by atoms with Crippen LogP contribution in [0.5, 0.6) is 11.5 Å². The summed E-state index contributed by atoms with van der Waals surface area (Å²) in [5.41, 5.74) is 0. The van der Waals surface area contributed by atoms with E-state index in [2.05, 4.69) is 6.92 Å². The van der Waals surface area contributed by atoms with Gasteiger partial charge in [0, 0.05) is 12.3 Å². The van der Waals surface area contributed by atoms with Crippen LogP contribution in [0.15, 0.2) is 24.3 Å². The van der Waals surface area contributed by atoms with E-state index in [1.807, 2.05) is 24.3 Å². The number of ketones is 1. The fourth-order valence-electron chi connectivity index (χ4n) is 2.40. The van der Waals surface area contributed by atoms with Gasteiger partial charge in [-0.15, -0.1) is 0 Å². The lowest BCUT2D eigenvalue weighted by Gasteiger charge is -2.13. The first-order valence-corrected chi connectivity index (χ1v) is 7.18. The first-order valence-electron chi connectivity index (χ1n) is 7.18. The zero-order valence-corrected chi connectivity index (χ0v) is 11.6. The van der Waals surface area contributed by atoms with Gasteiger partial charge in [0.25, 0.3) is 0 Å². The third-order valence-electron chi connectivity index (χ3n) is 3.47.